The van der Waals surface area contributed by atoms with Crippen molar-refractivity contribution in [2.24, 2.45) is 0 Å². The molecule has 51 heavy (non-hydrogen) atoms. The minimum absolute atomic E-state index is 0.229. The molecule has 0 saturated heterocycles. The van der Waals surface area contributed by atoms with Crippen molar-refractivity contribution in [2.75, 3.05) is 69.3 Å². The molecular weight excluding hydrogens is 705 g/mol. The fraction of sp³-hybridized carbons (Fsp3) is 0.714. The van der Waals surface area contributed by atoms with Gasteiger partial charge in [-0.25, -0.2) is 19.2 Å². The fourth-order valence-electron chi connectivity index (χ4n) is 4.00. The van der Waals surface area contributed by atoms with E-state index in [1.54, 1.807) is 13.8 Å². The van der Waals surface area contributed by atoms with E-state index in [0.29, 0.717) is 73.3 Å². The lowest BCUT2D eigenvalue weighted by Crippen LogP contribution is -2.26. The first-order valence-corrected chi connectivity index (χ1v) is 19.9. The van der Waals surface area contributed by atoms with Crippen LogP contribution in [0.2, 0.25) is 0 Å². The van der Waals surface area contributed by atoms with E-state index in [1.165, 1.54) is 23.5 Å². The second kappa shape index (κ2) is 33.7. The monoisotopic (exact) mass is 762 g/mol. The Kier molecular flexibility index (Phi) is 31.5. The average Bonchev–Trinajstić information content (AvgIpc) is 3.10. The van der Waals surface area contributed by atoms with Crippen LogP contribution in [0.3, 0.4) is 0 Å². The number of thioether (sulfide) groups is 2. The molecule has 2 amide bonds. The van der Waals surface area contributed by atoms with E-state index in [1.807, 2.05) is 0 Å². The molecule has 0 radical (unpaired) electrons. The van der Waals surface area contributed by atoms with E-state index in [4.69, 9.17) is 28.4 Å². The lowest BCUT2D eigenvalue weighted by molar-refractivity contribution is -0.167. The summed E-state index contributed by atoms with van der Waals surface area (Å²) in [6, 6.07) is 0. The van der Waals surface area contributed by atoms with Crippen molar-refractivity contribution in [1.29, 1.82) is 0 Å². The Morgan fingerprint density at radius 1 is 0.510 bits per heavy atom. The van der Waals surface area contributed by atoms with Gasteiger partial charge in [-0.05, 0) is 39.5 Å². The molecule has 0 bridgehead atoms. The molecule has 2 N–H and O–H groups in total. The van der Waals surface area contributed by atoms with Crippen LogP contribution in [0.15, 0.2) is 24.3 Å². The molecule has 0 aliphatic heterocycles. The predicted octanol–water partition coefficient (Wildman–Crippen LogP) is 5.87. The summed E-state index contributed by atoms with van der Waals surface area (Å²) in [6.07, 6.45) is 7.70. The van der Waals surface area contributed by atoms with Gasteiger partial charge in [0.2, 0.25) is 6.79 Å². The molecule has 0 rings (SSSR count). The van der Waals surface area contributed by atoms with Crippen LogP contribution in [0.1, 0.15) is 90.9 Å². The van der Waals surface area contributed by atoms with Crippen LogP contribution in [0.5, 0.6) is 0 Å². The zero-order valence-corrected chi connectivity index (χ0v) is 32.0. The summed E-state index contributed by atoms with van der Waals surface area (Å²) in [6.45, 7) is 12.5. The predicted molar refractivity (Wildman–Crippen MR) is 197 cm³/mol. The van der Waals surface area contributed by atoms with Crippen molar-refractivity contribution in [1.82, 2.24) is 10.6 Å². The number of ether oxygens (including phenoxy) is 6. The lowest BCUT2D eigenvalue weighted by Gasteiger charge is -2.08. The summed E-state index contributed by atoms with van der Waals surface area (Å²) in [4.78, 5) is 70.1. The van der Waals surface area contributed by atoms with Crippen molar-refractivity contribution in [3.63, 3.8) is 0 Å². The van der Waals surface area contributed by atoms with Crippen LogP contribution in [0.25, 0.3) is 0 Å². The summed E-state index contributed by atoms with van der Waals surface area (Å²) in [5.41, 5.74) is 0.763. The molecule has 292 valence electrons. The summed E-state index contributed by atoms with van der Waals surface area (Å²) in [5, 5.41) is 5.40. The molecule has 0 aromatic carbocycles. The fourth-order valence-corrected chi connectivity index (χ4v) is 5.42. The van der Waals surface area contributed by atoms with E-state index in [9.17, 15) is 28.8 Å². The number of hydrogen-bond donors (Lipinski definition) is 2. The Labute approximate surface area is 311 Å². The number of alkyl carbamates (subject to hydrolysis) is 2. The second-order valence-electron chi connectivity index (χ2n) is 11.1. The summed E-state index contributed by atoms with van der Waals surface area (Å²) in [7, 11) is 0. The zero-order valence-electron chi connectivity index (χ0n) is 30.4. The highest BCUT2D eigenvalue weighted by atomic mass is 32.2. The minimum atomic E-state index is -0.480. The maximum absolute atomic E-state index is 11.9. The second-order valence-corrected chi connectivity index (χ2v) is 13.3. The van der Waals surface area contributed by atoms with Crippen LogP contribution in [0, 0.1) is 0 Å². The zero-order chi connectivity index (χ0) is 38.0. The SMILES string of the molecule is C=C(CSCCOC(=O)NCCCCCCCC(=O)OCOC(=O)CCCCCCCNC(=O)OCCSCC(=C)C(=O)OCC)C(=O)OCC. The van der Waals surface area contributed by atoms with E-state index < -0.39 is 36.1 Å². The van der Waals surface area contributed by atoms with Gasteiger partial charge in [0.15, 0.2) is 0 Å². The van der Waals surface area contributed by atoms with Gasteiger partial charge in [0.25, 0.3) is 0 Å². The number of nitrogens with one attached hydrogen (secondary N) is 2. The Morgan fingerprint density at radius 3 is 1.27 bits per heavy atom. The molecule has 0 aromatic heterocycles. The van der Waals surface area contributed by atoms with Gasteiger partial charge in [0, 0.05) is 60.1 Å². The van der Waals surface area contributed by atoms with E-state index >= 15 is 0 Å². The van der Waals surface area contributed by atoms with Crippen molar-refractivity contribution >= 4 is 59.6 Å². The highest BCUT2D eigenvalue weighted by Crippen LogP contribution is 2.10. The number of amides is 2. The number of carbonyl (C=O) groups excluding carboxylic acids is 6. The molecule has 0 aromatic rings. The maximum Gasteiger partial charge on any atom is 0.407 e. The first-order valence-electron chi connectivity index (χ1n) is 17.6. The van der Waals surface area contributed by atoms with Gasteiger partial charge in [-0.3, -0.25) is 9.59 Å². The highest BCUT2D eigenvalue weighted by Gasteiger charge is 2.10. The number of rotatable bonds is 32. The summed E-state index contributed by atoms with van der Waals surface area (Å²) >= 11 is 2.87. The lowest BCUT2D eigenvalue weighted by atomic mass is 10.1. The van der Waals surface area contributed by atoms with Crippen LogP contribution in [0.4, 0.5) is 9.59 Å². The van der Waals surface area contributed by atoms with Crippen molar-refractivity contribution in [2.45, 2.75) is 90.9 Å². The van der Waals surface area contributed by atoms with Gasteiger partial charge in [-0.1, -0.05) is 51.7 Å². The van der Waals surface area contributed by atoms with Gasteiger partial charge in [0.05, 0.1) is 13.2 Å². The number of hydrogen-bond acceptors (Lipinski definition) is 14. The first-order chi connectivity index (χ1) is 24.6. The molecule has 0 unspecified atom stereocenters. The van der Waals surface area contributed by atoms with Gasteiger partial charge in [0.1, 0.15) is 13.2 Å². The molecule has 0 aliphatic carbocycles. The third-order valence-electron chi connectivity index (χ3n) is 6.70. The molecule has 0 spiro atoms. The smallest absolute Gasteiger partial charge is 0.407 e. The van der Waals surface area contributed by atoms with Crippen LogP contribution < -0.4 is 10.6 Å². The Hall–Kier alpha value is -3.40. The van der Waals surface area contributed by atoms with Crippen molar-refractivity contribution in [3.05, 3.63) is 24.3 Å². The number of esters is 4. The first kappa shape index (κ1) is 47.6. The Balaban J connectivity index is 3.51. The van der Waals surface area contributed by atoms with Crippen LogP contribution in [-0.4, -0.2) is 105 Å². The van der Waals surface area contributed by atoms with Gasteiger partial charge in [-0.15, -0.1) is 0 Å². The van der Waals surface area contributed by atoms with E-state index in [2.05, 4.69) is 23.8 Å². The van der Waals surface area contributed by atoms with Crippen molar-refractivity contribution < 1.29 is 57.2 Å². The molecule has 0 saturated carbocycles. The standard InChI is InChI=1S/C35H58N2O12S2/c1-5-44-32(40)28(3)25-50-23-21-46-34(42)36-19-15-11-7-9-13-17-30(38)48-27-49-31(39)18-14-10-8-12-16-20-37-35(43)47-22-24-51-26-29(4)33(41)45-6-2/h3-27H2,1-2H3,(H,36,42)(H,37,43). The Bertz CT molecular complexity index is 978. The van der Waals surface area contributed by atoms with Gasteiger partial charge >= 0.3 is 36.1 Å². The maximum atomic E-state index is 11.9. The number of carbonyl (C=O) groups is 6. The molecule has 0 atom stereocenters. The number of unbranched alkanes of at least 4 members (excludes halogenated alkanes) is 8. The molecule has 0 aliphatic rings. The average molecular weight is 763 g/mol. The topological polar surface area (TPSA) is 182 Å². The molecule has 0 heterocycles. The van der Waals surface area contributed by atoms with Crippen LogP contribution >= 0.6 is 23.5 Å². The molecule has 16 heteroatoms. The third-order valence-corrected chi connectivity index (χ3v) is 8.71. The largest absolute Gasteiger partial charge is 0.463 e. The molecule has 14 nitrogen and oxygen atoms in total. The van der Waals surface area contributed by atoms with Crippen molar-refractivity contribution in [3.8, 4) is 0 Å². The normalized spacial score (nSPS) is 10.4. The van der Waals surface area contributed by atoms with E-state index in [0.717, 1.165) is 51.4 Å². The van der Waals surface area contributed by atoms with Gasteiger partial charge in [-0.2, -0.15) is 23.5 Å². The molecular formula is C35H58N2O12S2. The molecule has 0 fully saturated rings. The summed E-state index contributed by atoms with van der Waals surface area (Å²) in [5.74, 6) is 0.283. The minimum Gasteiger partial charge on any atom is -0.463 e. The quantitative estimate of drug-likeness (QED) is 0.0273. The van der Waals surface area contributed by atoms with E-state index in [-0.39, 0.29) is 32.8 Å². The van der Waals surface area contributed by atoms with Crippen LogP contribution in [-0.2, 0) is 47.6 Å². The van der Waals surface area contributed by atoms with Gasteiger partial charge < -0.3 is 39.1 Å². The Morgan fingerprint density at radius 2 is 0.882 bits per heavy atom. The summed E-state index contributed by atoms with van der Waals surface area (Å²) < 4.78 is 29.9. The third kappa shape index (κ3) is 31.1. The highest BCUT2D eigenvalue weighted by molar-refractivity contribution is 7.99.